The van der Waals surface area contributed by atoms with Gasteiger partial charge in [0.25, 0.3) is 0 Å². The van der Waals surface area contributed by atoms with E-state index >= 15 is 0 Å². The zero-order valence-electron chi connectivity index (χ0n) is 15.6. The Hall–Kier alpha value is -1.34. The standard InChI is InChI=1S/C17H31N3O4/c1-16(2,3)13(18)14(22)19-8-7-10-12(19)11(21)9-20(10)15(23)24-17(4,5)6/h10-13,21H,7-9,18H2,1-6H3/t10-,11+,12+,13?/m1/s1. The van der Waals surface area contributed by atoms with E-state index in [4.69, 9.17) is 10.5 Å². The van der Waals surface area contributed by atoms with E-state index in [0.717, 1.165) is 0 Å². The van der Waals surface area contributed by atoms with Gasteiger partial charge in [0, 0.05) is 6.54 Å². The zero-order chi connectivity index (χ0) is 18.4. The number of likely N-dealkylation sites (tertiary alicyclic amines) is 2. The molecule has 2 amide bonds. The normalized spacial score (nSPS) is 28.8. The minimum Gasteiger partial charge on any atom is -0.444 e. The molecule has 0 bridgehead atoms. The van der Waals surface area contributed by atoms with Crippen molar-refractivity contribution >= 4 is 12.0 Å². The molecule has 7 heteroatoms. The van der Waals surface area contributed by atoms with Gasteiger partial charge in [0.2, 0.25) is 5.91 Å². The lowest BCUT2D eigenvalue weighted by molar-refractivity contribution is -0.137. The summed E-state index contributed by atoms with van der Waals surface area (Å²) in [7, 11) is 0. The van der Waals surface area contributed by atoms with Gasteiger partial charge in [-0.1, -0.05) is 20.8 Å². The molecule has 138 valence electrons. The molecule has 0 aromatic rings. The predicted molar refractivity (Wildman–Crippen MR) is 90.3 cm³/mol. The first-order valence-electron chi connectivity index (χ1n) is 8.56. The van der Waals surface area contributed by atoms with Crippen LogP contribution >= 0.6 is 0 Å². The molecule has 0 saturated carbocycles. The van der Waals surface area contributed by atoms with Crippen LogP contribution in [0, 0.1) is 5.41 Å². The largest absolute Gasteiger partial charge is 0.444 e. The number of hydrogen-bond acceptors (Lipinski definition) is 5. The summed E-state index contributed by atoms with van der Waals surface area (Å²) in [6, 6.07) is -1.26. The molecular weight excluding hydrogens is 310 g/mol. The van der Waals surface area contributed by atoms with Crippen molar-refractivity contribution in [3.05, 3.63) is 0 Å². The maximum Gasteiger partial charge on any atom is 0.410 e. The molecule has 1 unspecified atom stereocenters. The van der Waals surface area contributed by atoms with Crippen LogP contribution < -0.4 is 5.73 Å². The quantitative estimate of drug-likeness (QED) is 0.740. The van der Waals surface area contributed by atoms with Gasteiger partial charge in [0.1, 0.15) is 5.60 Å². The summed E-state index contributed by atoms with van der Waals surface area (Å²) in [5, 5.41) is 10.4. The first-order chi connectivity index (χ1) is 10.8. The lowest BCUT2D eigenvalue weighted by Crippen LogP contribution is -2.54. The van der Waals surface area contributed by atoms with Crippen LogP contribution in [0.5, 0.6) is 0 Å². The molecular formula is C17H31N3O4. The summed E-state index contributed by atoms with van der Waals surface area (Å²) in [5.74, 6) is -0.167. The van der Waals surface area contributed by atoms with Crippen molar-refractivity contribution in [1.29, 1.82) is 0 Å². The molecule has 2 saturated heterocycles. The lowest BCUT2D eigenvalue weighted by atomic mass is 9.86. The van der Waals surface area contributed by atoms with Crippen molar-refractivity contribution in [2.45, 2.75) is 77.8 Å². The number of hydrogen-bond donors (Lipinski definition) is 2. The van der Waals surface area contributed by atoms with E-state index in [9.17, 15) is 14.7 Å². The number of nitrogens with two attached hydrogens (primary N) is 1. The number of carbonyl (C=O) groups excluding carboxylic acids is 2. The zero-order valence-corrected chi connectivity index (χ0v) is 15.6. The Morgan fingerprint density at radius 3 is 2.25 bits per heavy atom. The molecule has 0 spiro atoms. The Labute approximate surface area is 144 Å². The minimum atomic E-state index is -0.777. The third kappa shape index (κ3) is 3.67. The Balaban J connectivity index is 2.13. The van der Waals surface area contributed by atoms with Gasteiger partial charge in [-0.25, -0.2) is 4.79 Å². The second kappa shape index (κ2) is 6.19. The van der Waals surface area contributed by atoms with Crippen LogP contribution in [0.25, 0.3) is 0 Å². The van der Waals surface area contributed by atoms with Crippen molar-refractivity contribution in [3.63, 3.8) is 0 Å². The molecule has 2 aliphatic heterocycles. The highest BCUT2D eigenvalue weighted by Crippen LogP contribution is 2.34. The predicted octanol–water partition coefficient (Wildman–Crippen LogP) is 0.941. The number of nitrogens with zero attached hydrogens (tertiary/aromatic N) is 2. The molecule has 0 aromatic heterocycles. The van der Waals surface area contributed by atoms with Gasteiger partial charge in [-0.05, 0) is 32.6 Å². The van der Waals surface area contributed by atoms with Crippen molar-refractivity contribution in [3.8, 4) is 0 Å². The van der Waals surface area contributed by atoms with Crippen LogP contribution in [-0.4, -0.2) is 69.8 Å². The molecule has 2 aliphatic rings. The molecule has 2 heterocycles. The van der Waals surface area contributed by atoms with E-state index in [0.29, 0.717) is 13.0 Å². The number of rotatable bonds is 1. The Morgan fingerprint density at radius 2 is 1.75 bits per heavy atom. The van der Waals surface area contributed by atoms with Crippen molar-refractivity contribution in [1.82, 2.24) is 9.80 Å². The van der Waals surface area contributed by atoms with Crippen LogP contribution in [0.1, 0.15) is 48.0 Å². The van der Waals surface area contributed by atoms with Crippen molar-refractivity contribution in [2.75, 3.05) is 13.1 Å². The highest BCUT2D eigenvalue weighted by molar-refractivity contribution is 5.83. The van der Waals surface area contributed by atoms with Gasteiger partial charge in [0.15, 0.2) is 0 Å². The highest BCUT2D eigenvalue weighted by Gasteiger charge is 2.53. The summed E-state index contributed by atoms with van der Waals surface area (Å²) in [6.07, 6.45) is -0.589. The topological polar surface area (TPSA) is 96.1 Å². The summed E-state index contributed by atoms with van der Waals surface area (Å²) in [4.78, 5) is 28.3. The average Bonchev–Trinajstić information content (AvgIpc) is 2.96. The summed E-state index contributed by atoms with van der Waals surface area (Å²) < 4.78 is 5.42. The molecule has 3 N–H and O–H groups in total. The molecule has 4 atom stereocenters. The highest BCUT2D eigenvalue weighted by atomic mass is 16.6. The molecule has 0 aromatic carbocycles. The SMILES string of the molecule is CC(C)(C)OC(=O)N1C[C@H](O)[C@@H]2[C@H]1CCN2C(=O)C(N)C(C)(C)C. The fraction of sp³-hybridized carbons (Fsp3) is 0.882. The number of ether oxygens (including phenoxy) is 1. The summed E-state index contributed by atoms with van der Waals surface area (Å²) in [6.45, 7) is 11.8. The molecule has 0 radical (unpaired) electrons. The Morgan fingerprint density at radius 1 is 1.17 bits per heavy atom. The maximum atomic E-state index is 12.7. The van der Waals surface area contributed by atoms with Gasteiger partial charge >= 0.3 is 6.09 Å². The molecule has 2 fully saturated rings. The monoisotopic (exact) mass is 341 g/mol. The average molecular weight is 341 g/mol. The van der Waals surface area contributed by atoms with Gasteiger partial charge in [-0.3, -0.25) is 4.79 Å². The van der Waals surface area contributed by atoms with Gasteiger partial charge in [-0.15, -0.1) is 0 Å². The van der Waals surface area contributed by atoms with E-state index in [1.165, 1.54) is 0 Å². The second-order valence-electron chi connectivity index (χ2n) is 8.92. The van der Waals surface area contributed by atoms with Crippen LogP contribution in [0.2, 0.25) is 0 Å². The van der Waals surface area contributed by atoms with E-state index in [2.05, 4.69) is 0 Å². The number of aliphatic hydroxyl groups excluding tert-OH is 1. The Bertz CT molecular complexity index is 509. The Kier molecular flexibility index (Phi) is 4.89. The molecule has 0 aliphatic carbocycles. The van der Waals surface area contributed by atoms with E-state index in [1.807, 2.05) is 41.5 Å². The van der Waals surface area contributed by atoms with Gasteiger partial charge in [-0.2, -0.15) is 0 Å². The number of β-amino-alcohol motifs (C(OH)–C–C–N with tert-alkyl or cyclic N) is 1. The molecule has 24 heavy (non-hydrogen) atoms. The third-order valence-electron chi connectivity index (χ3n) is 4.71. The maximum absolute atomic E-state index is 12.7. The fourth-order valence-electron chi connectivity index (χ4n) is 3.38. The molecule has 7 nitrogen and oxygen atoms in total. The van der Waals surface area contributed by atoms with E-state index < -0.39 is 29.9 Å². The van der Waals surface area contributed by atoms with Crippen LogP contribution in [0.15, 0.2) is 0 Å². The third-order valence-corrected chi connectivity index (χ3v) is 4.71. The fourth-order valence-corrected chi connectivity index (χ4v) is 3.38. The first-order valence-corrected chi connectivity index (χ1v) is 8.56. The first kappa shape index (κ1) is 19.0. The van der Waals surface area contributed by atoms with Crippen LogP contribution in [-0.2, 0) is 9.53 Å². The minimum absolute atomic E-state index is 0.167. The second-order valence-corrected chi connectivity index (χ2v) is 8.92. The smallest absolute Gasteiger partial charge is 0.410 e. The van der Waals surface area contributed by atoms with Crippen molar-refractivity contribution in [2.24, 2.45) is 11.1 Å². The summed E-state index contributed by atoms with van der Waals surface area (Å²) >= 11 is 0. The number of fused-ring (bicyclic) bond motifs is 1. The van der Waals surface area contributed by atoms with Crippen LogP contribution in [0.3, 0.4) is 0 Å². The van der Waals surface area contributed by atoms with Crippen LogP contribution in [0.4, 0.5) is 4.79 Å². The van der Waals surface area contributed by atoms with Crippen molar-refractivity contribution < 1.29 is 19.4 Å². The molecule has 2 rings (SSSR count). The van der Waals surface area contributed by atoms with Gasteiger partial charge in [0.05, 0.1) is 30.8 Å². The van der Waals surface area contributed by atoms with E-state index in [-0.39, 0.29) is 23.9 Å². The summed E-state index contributed by atoms with van der Waals surface area (Å²) in [5.41, 5.74) is 5.15. The van der Waals surface area contributed by atoms with E-state index in [1.54, 1.807) is 9.80 Å². The van der Waals surface area contributed by atoms with Gasteiger partial charge < -0.3 is 25.4 Å². The lowest BCUT2D eigenvalue weighted by Gasteiger charge is -2.33. The number of carbonyl (C=O) groups is 2. The number of aliphatic hydroxyl groups is 1. The number of amides is 2.